The third kappa shape index (κ3) is 5.28. The number of esters is 1. The summed E-state index contributed by atoms with van der Waals surface area (Å²) >= 11 is 2.15. The molecule has 2 aromatic carbocycles. The lowest BCUT2D eigenvalue weighted by Gasteiger charge is -2.18. The number of benzene rings is 2. The molecule has 0 radical (unpaired) electrons. The molecule has 1 aromatic heterocycles. The molecule has 28 heavy (non-hydrogen) atoms. The van der Waals surface area contributed by atoms with E-state index in [0.717, 1.165) is 3.57 Å². The van der Waals surface area contributed by atoms with E-state index < -0.39 is 17.0 Å². The molecule has 0 aliphatic heterocycles. The maximum Gasteiger partial charge on any atom is 0.338 e. The number of rotatable bonds is 8. The number of imidazole rings is 1. The summed E-state index contributed by atoms with van der Waals surface area (Å²) in [5, 5.41) is 11.1. The number of halogens is 1. The number of para-hydroxylation sites is 2. The molecule has 1 unspecified atom stereocenters. The molecule has 1 heterocycles. The summed E-state index contributed by atoms with van der Waals surface area (Å²) in [5.74, 6) is 0.230. The third-order valence-electron chi connectivity index (χ3n) is 3.82. The monoisotopic (exact) mass is 493 g/mol. The highest BCUT2D eigenvalue weighted by atomic mass is 127. The number of aromatic amines is 1. The summed E-state index contributed by atoms with van der Waals surface area (Å²) in [7, 11) is 0. The van der Waals surface area contributed by atoms with E-state index in [-0.39, 0.29) is 24.5 Å². The molecule has 0 saturated carbocycles. The van der Waals surface area contributed by atoms with E-state index in [0.29, 0.717) is 11.4 Å². The fraction of sp³-hybridized carbons (Fsp3) is 0.158. The van der Waals surface area contributed by atoms with E-state index in [1.165, 1.54) is 12.1 Å². The Morgan fingerprint density at radius 3 is 2.64 bits per heavy atom. The molecule has 0 fully saturated rings. The first-order valence-corrected chi connectivity index (χ1v) is 9.42. The molecular weight excluding hydrogens is 477 g/mol. The Balaban J connectivity index is 1.73. The summed E-state index contributed by atoms with van der Waals surface area (Å²) < 4.78 is 12.2. The van der Waals surface area contributed by atoms with E-state index in [1.807, 2.05) is 12.1 Å². The normalized spacial score (nSPS) is 11.6. The highest BCUT2D eigenvalue weighted by molar-refractivity contribution is 14.1. The van der Waals surface area contributed by atoms with Crippen molar-refractivity contribution in [1.29, 1.82) is 0 Å². The molecule has 3 aromatic rings. The number of hydrogen-bond acceptors (Lipinski definition) is 6. The van der Waals surface area contributed by atoms with E-state index in [2.05, 4.69) is 32.6 Å². The van der Waals surface area contributed by atoms with Gasteiger partial charge in [-0.3, -0.25) is 10.1 Å². The van der Waals surface area contributed by atoms with Gasteiger partial charge in [-0.25, -0.2) is 9.78 Å². The van der Waals surface area contributed by atoms with Gasteiger partial charge in [0.2, 0.25) is 0 Å². The Labute approximate surface area is 174 Å². The molecule has 3 rings (SSSR count). The lowest BCUT2D eigenvalue weighted by Crippen LogP contribution is -2.28. The highest BCUT2D eigenvalue weighted by Gasteiger charge is 2.21. The topological polar surface area (TPSA) is 107 Å². The minimum absolute atomic E-state index is 0.0539. The smallest absolute Gasteiger partial charge is 0.338 e. The van der Waals surface area contributed by atoms with Crippen molar-refractivity contribution in [3.05, 3.63) is 86.0 Å². The van der Waals surface area contributed by atoms with Crippen molar-refractivity contribution in [3.8, 4) is 5.75 Å². The van der Waals surface area contributed by atoms with Crippen LogP contribution in [0.2, 0.25) is 0 Å². The van der Waals surface area contributed by atoms with Gasteiger partial charge in [-0.15, -0.1) is 0 Å². The summed E-state index contributed by atoms with van der Waals surface area (Å²) in [6.07, 6.45) is 2.86. The number of aromatic nitrogens is 2. The summed E-state index contributed by atoms with van der Waals surface area (Å²) in [6, 6.07) is 13.0. The predicted molar refractivity (Wildman–Crippen MR) is 109 cm³/mol. The van der Waals surface area contributed by atoms with Gasteiger partial charge in [0.25, 0.3) is 0 Å². The molecule has 9 heteroatoms. The van der Waals surface area contributed by atoms with Crippen molar-refractivity contribution in [3.63, 3.8) is 0 Å². The number of H-pyrrole nitrogens is 1. The van der Waals surface area contributed by atoms with Gasteiger partial charge in [-0.2, -0.15) is 0 Å². The van der Waals surface area contributed by atoms with Crippen molar-refractivity contribution < 1.29 is 19.2 Å². The molecule has 1 N–H and O–H groups in total. The van der Waals surface area contributed by atoms with Crippen LogP contribution in [0, 0.1) is 13.7 Å². The van der Waals surface area contributed by atoms with Crippen molar-refractivity contribution >= 4 is 34.2 Å². The second kappa shape index (κ2) is 9.31. The SMILES string of the molecule is O=C(OC(COc1ccccc1[N+](=O)[O-])Cc1ncc[nH]1)c1ccc(I)cc1. The Hall–Kier alpha value is -2.95. The molecule has 0 spiro atoms. The number of nitrogens with one attached hydrogen (secondary N) is 1. The quantitative estimate of drug-likeness (QED) is 0.222. The van der Waals surface area contributed by atoms with Gasteiger partial charge in [0.05, 0.1) is 10.5 Å². The average Bonchev–Trinajstić information content (AvgIpc) is 3.19. The Bertz CT molecular complexity index is 944. The average molecular weight is 493 g/mol. The van der Waals surface area contributed by atoms with Crippen molar-refractivity contribution in [1.82, 2.24) is 9.97 Å². The second-order valence-corrected chi connectivity index (χ2v) is 7.06. The number of carbonyl (C=O) groups excluding carboxylic acids is 1. The summed E-state index contributed by atoms with van der Waals surface area (Å²) in [5.41, 5.74) is 0.263. The van der Waals surface area contributed by atoms with Crippen molar-refractivity contribution in [2.45, 2.75) is 12.5 Å². The number of nitrogens with zero attached hydrogens (tertiary/aromatic N) is 2. The van der Waals surface area contributed by atoms with E-state index in [1.54, 1.807) is 36.7 Å². The highest BCUT2D eigenvalue weighted by Crippen LogP contribution is 2.26. The van der Waals surface area contributed by atoms with E-state index >= 15 is 0 Å². The van der Waals surface area contributed by atoms with Crippen LogP contribution in [-0.4, -0.2) is 33.6 Å². The van der Waals surface area contributed by atoms with Crippen LogP contribution in [0.4, 0.5) is 5.69 Å². The van der Waals surface area contributed by atoms with Crippen LogP contribution in [-0.2, 0) is 11.2 Å². The van der Waals surface area contributed by atoms with Gasteiger partial charge in [-0.1, -0.05) is 12.1 Å². The number of nitro groups is 1. The first kappa shape index (κ1) is 19.8. The van der Waals surface area contributed by atoms with Crippen LogP contribution in [0.5, 0.6) is 5.75 Å². The van der Waals surface area contributed by atoms with Crippen molar-refractivity contribution in [2.24, 2.45) is 0 Å². The predicted octanol–water partition coefficient (Wildman–Crippen LogP) is 3.77. The fourth-order valence-corrected chi connectivity index (χ4v) is 2.84. The Morgan fingerprint density at radius 2 is 1.96 bits per heavy atom. The lowest BCUT2D eigenvalue weighted by atomic mass is 10.2. The van der Waals surface area contributed by atoms with Crippen LogP contribution < -0.4 is 4.74 Å². The summed E-state index contributed by atoms with van der Waals surface area (Å²) in [4.78, 5) is 30.2. The van der Waals surface area contributed by atoms with Gasteiger partial charge < -0.3 is 14.5 Å². The second-order valence-electron chi connectivity index (χ2n) is 5.81. The molecule has 1 atom stereocenters. The van der Waals surface area contributed by atoms with Crippen LogP contribution >= 0.6 is 22.6 Å². The van der Waals surface area contributed by atoms with Crippen LogP contribution in [0.1, 0.15) is 16.2 Å². The molecule has 8 nitrogen and oxygen atoms in total. The first-order valence-electron chi connectivity index (χ1n) is 8.34. The zero-order valence-electron chi connectivity index (χ0n) is 14.6. The number of nitro benzene ring substituents is 1. The zero-order chi connectivity index (χ0) is 19.9. The molecule has 0 aliphatic carbocycles. The first-order chi connectivity index (χ1) is 13.5. The van der Waals surface area contributed by atoms with Crippen LogP contribution in [0.25, 0.3) is 0 Å². The third-order valence-corrected chi connectivity index (χ3v) is 4.54. The molecule has 0 amide bonds. The number of hydrogen-bond donors (Lipinski definition) is 1. The molecular formula is C19H16IN3O5. The lowest BCUT2D eigenvalue weighted by molar-refractivity contribution is -0.385. The number of carbonyl (C=O) groups is 1. The number of ether oxygens (including phenoxy) is 2. The van der Waals surface area contributed by atoms with Crippen LogP contribution in [0.15, 0.2) is 60.9 Å². The van der Waals surface area contributed by atoms with Gasteiger partial charge >= 0.3 is 11.7 Å². The molecule has 0 saturated heterocycles. The van der Waals surface area contributed by atoms with Gasteiger partial charge in [-0.05, 0) is 52.9 Å². The van der Waals surface area contributed by atoms with E-state index in [9.17, 15) is 14.9 Å². The maximum absolute atomic E-state index is 12.5. The largest absolute Gasteiger partial charge is 0.483 e. The molecule has 144 valence electrons. The Morgan fingerprint density at radius 1 is 1.21 bits per heavy atom. The standard InChI is InChI=1S/C19H16IN3O5/c20-14-7-5-13(6-8-14)19(24)28-15(11-18-21-9-10-22-18)12-27-17-4-2-1-3-16(17)23(25)26/h1-10,15H,11-12H2,(H,21,22). The van der Waals surface area contributed by atoms with Gasteiger partial charge in [0, 0.05) is 28.5 Å². The summed E-state index contributed by atoms with van der Waals surface area (Å²) in [6.45, 7) is -0.0539. The van der Waals surface area contributed by atoms with Gasteiger partial charge in [0.1, 0.15) is 18.5 Å². The minimum atomic E-state index is -0.683. The zero-order valence-corrected chi connectivity index (χ0v) is 16.7. The fourth-order valence-electron chi connectivity index (χ4n) is 2.48. The molecule has 0 aliphatic rings. The van der Waals surface area contributed by atoms with Crippen LogP contribution in [0.3, 0.4) is 0 Å². The van der Waals surface area contributed by atoms with Gasteiger partial charge in [0.15, 0.2) is 5.75 Å². The van der Waals surface area contributed by atoms with E-state index in [4.69, 9.17) is 9.47 Å². The Kier molecular flexibility index (Phi) is 6.58. The minimum Gasteiger partial charge on any atom is -0.483 e. The maximum atomic E-state index is 12.5. The van der Waals surface area contributed by atoms with Crippen molar-refractivity contribution in [2.75, 3.05) is 6.61 Å². The molecule has 0 bridgehead atoms.